The molecular formula is C25H18Cl2N4O. The summed E-state index contributed by atoms with van der Waals surface area (Å²) in [5.41, 5.74) is 5.48. The fourth-order valence-corrected chi connectivity index (χ4v) is 4.21. The Morgan fingerprint density at radius 3 is 2.59 bits per heavy atom. The Balaban J connectivity index is 1.42. The van der Waals surface area contributed by atoms with Crippen LogP contribution in [-0.2, 0) is 4.79 Å². The van der Waals surface area contributed by atoms with E-state index < -0.39 is 0 Å². The number of fused-ring (bicyclic) bond motifs is 1. The lowest BCUT2D eigenvalue weighted by atomic mass is 9.98. The molecule has 3 aromatic carbocycles. The standard InChI is InChI=1S/C25H18Cl2N4O/c26-18-6-4-16(5-7-18)23-14-25(31(15-32)30-23)17-2-1-3-20(12-17)29-22-10-11-28-24-13-19(27)8-9-21(22)24/h1-13,15,25H,14H2,(H,28,29). The van der Waals surface area contributed by atoms with E-state index in [-0.39, 0.29) is 6.04 Å². The number of carbonyl (C=O) groups is 1. The minimum Gasteiger partial charge on any atom is -0.355 e. The maximum atomic E-state index is 11.7. The van der Waals surface area contributed by atoms with Gasteiger partial charge in [0, 0.05) is 39.4 Å². The molecule has 2 heterocycles. The van der Waals surface area contributed by atoms with Gasteiger partial charge >= 0.3 is 0 Å². The van der Waals surface area contributed by atoms with Crippen molar-refractivity contribution in [3.05, 3.63) is 100 Å². The number of hydrogen-bond donors (Lipinski definition) is 1. The number of hydrogen-bond acceptors (Lipinski definition) is 4. The zero-order valence-electron chi connectivity index (χ0n) is 16.9. The summed E-state index contributed by atoms with van der Waals surface area (Å²) in [6.45, 7) is 0. The second-order valence-corrected chi connectivity index (χ2v) is 8.40. The smallest absolute Gasteiger partial charge is 0.230 e. The Hall–Kier alpha value is -3.41. The van der Waals surface area contributed by atoms with Crippen LogP contribution in [0.1, 0.15) is 23.6 Å². The van der Waals surface area contributed by atoms with E-state index >= 15 is 0 Å². The summed E-state index contributed by atoms with van der Waals surface area (Å²) in [6, 6.07) is 22.9. The lowest BCUT2D eigenvalue weighted by molar-refractivity contribution is -0.119. The van der Waals surface area contributed by atoms with Crippen molar-refractivity contribution in [3.63, 3.8) is 0 Å². The van der Waals surface area contributed by atoms with Gasteiger partial charge in [-0.05, 0) is 59.7 Å². The van der Waals surface area contributed by atoms with Crippen molar-refractivity contribution in [2.24, 2.45) is 5.10 Å². The molecule has 4 aromatic rings. The van der Waals surface area contributed by atoms with Crippen molar-refractivity contribution in [2.45, 2.75) is 12.5 Å². The zero-order chi connectivity index (χ0) is 22.1. The minimum atomic E-state index is -0.173. The largest absolute Gasteiger partial charge is 0.355 e. The third kappa shape index (κ3) is 4.05. The third-order valence-corrected chi connectivity index (χ3v) is 5.97. The maximum absolute atomic E-state index is 11.7. The van der Waals surface area contributed by atoms with Crippen LogP contribution in [-0.4, -0.2) is 22.1 Å². The van der Waals surface area contributed by atoms with Crippen LogP contribution in [0.15, 0.2) is 84.1 Å². The van der Waals surface area contributed by atoms with E-state index in [1.165, 1.54) is 5.01 Å². The van der Waals surface area contributed by atoms with Gasteiger partial charge in [0.2, 0.25) is 6.41 Å². The maximum Gasteiger partial charge on any atom is 0.230 e. The van der Waals surface area contributed by atoms with Crippen LogP contribution in [0.3, 0.4) is 0 Å². The monoisotopic (exact) mass is 460 g/mol. The summed E-state index contributed by atoms with van der Waals surface area (Å²) in [5, 5.41) is 11.8. The Morgan fingerprint density at radius 2 is 1.78 bits per heavy atom. The molecule has 0 bridgehead atoms. The Bertz CT molecular complexity index is 1340. The molecule has 1 aliphatic rings. The van der Waals surface area contributed by atoms with Gasteiger partial charge in [0.15, 0.2) is 0 Å². The summed E-state index contributed by atoms with van der Waals surface area (Å²) in [6.07, 6.45) is 3.15. The predicted octanol–water partition coefficient (Wildman–Crippen LogP) is 6.59. The topological polar surface area (TPSA) is 57.6 Å². The van der Waals surface area contributed by atoms with E-state index in [2.05, 4.69) is 15.4 Å². The van der Waals surface area contributed by atoms with Gasteiger partial charge in [0.05, 0.1) is 17.3 Å². The number of nitrogens with zero attached hydrogens (tertiary/aromatic N) is 3. The summed E-state index contributed by atoms with van der Waals surface area (Å²) < 4.78 is 0. The molecule has 5 rings (SSSR count). The summed E-state index contributed by atoms with van der Waals surface area (Å²) >= 11 is 12.1. The highest BCUT2D eigenvalue weighted by Crippen LogP contribution is 2.34. The molecule has 0 saturated heterocycles. The van der Waals surface area contributed by atoms with Crippen molar-refractivity contribution in [2.75, 3.05) is 5.32 Å². The van der Waals surface area contributed by atoms with Crippen LogP contribution < -0.4 is 5.32 Å². The number of nitrogens with one attached hydrogen (secondary N) is 1. The number of hydrazone groups is 1. The SMILES string of the molecule is O=CN1N=C(c2ccc(Cl)cc2)CC1c1cccc(Nc2ccnc3cc(Cl)ccc23)c1. The summed E-state index contributed by atoms with van der Waals surface area (Å²) in [7, 11) is 0. The normalized spacial score (nSPS) is 15.6. The molecule has 158 valence electrons. The van der Waals surface area contributed by atoms with Gasteiger partial charge in [-0.1, -0.05) is 47.5 Å². The molecule has 0 spiro atoms. The van der Waals surface area contributed by atoms with Gasteiger partial charge in [-0.3, -0.25) is 9.78 Å². The number of amides is 1. The lowest BCUT2D eigenvalue weighted by Crippen LogP contribution is -2.17. The van der Waals surface area contributed by atoms with Crippen molar-refractivity contribution < 1.29 is 4.79 Å². The molecule has 0 radical (unpaired) electrons. The van der Waals surface area contributed by atoms with Gasteiger partial charge in [0.25, 0.3) is 0 Å². The highest BCUT2D eigenvalue weighted by Gasteiger charge is 2.28. The molecule has 1 atom stereocenters. The molecule has 0 aliphatic carbocycles. The van der Waals surface area contributed by atoms with Crippen LogP contribution >= 0.6 is 23.2 Å². The highest BCUT2D eigenvalue weighted by atomic mass is 35.5. The van der Waals surface area contributed by atoms with Crippen LogP contribution in [0.5, 0.6) is 0 Å². The van der Waals surface area contributed by atoms with Crippen molar-refractivity contribution in [1.82, 2.24) is 9.99 Å². The van der Waals surface area contributed by atoms with E-state index in [1.807, 2.05) is 72.8 Å². The van der Waals surface area contributed by atoms with Crippen LogP contribution in [0.25, 0.3) is 10.9 Å². The number of rotatable bonds is 5. The second kappa shape index (κ2) is 8.61. The first kappa shape index (κ1) is 20.5. The molecule has 0 saturated carbocycles. The van der Waals surface area contributed by atoms with Gasteiger partial charge in [-0.2, -0.15) is 5.10 Å². The van der Waals surface area contributed by atoms with E-state index in [0.29, 0.717) is 16.5 Å². The molecule has 1 unspecified atom stereocenters. The average Bonchev–Trinajstić information content (AvgIpc) is 3.24. The van der Waals surface area contributed by atoms with E-state index in [1.54, 1.807) is 6.20 Å². The Labute approximate surface area is 195 Å². The fraction of sp³-hybridized carbons (Fsp3) is 0.0800. The predicted molar refractivity (Wildman–Crippen MR) is 130 cm³/mol. The first-order valence-electron chi connectivity index (χ1n) is 10.1. The van der Waals surface area contributed by atoms with E-state index in [9.17, 15) is 4.79 Å². The molecule has 7 heteroatoms. The van der Waals surface area contributed by atoms with Gasteiger partial charge in [-0.15, -0.1) is 0 Å². The van der Waals surface area contributed by atoms with Gasteiger partial charge < -0.3 is 5.32 Å². The molecule has 1 amide bonds. The summed E-state index contributed by atoms with van der Waals surface area (Å²) in [4.78, 5) is 16.1. The molecular weight excluding hydrogens is 443 g/mol. The van der Waals surface area contributed by atoms with E-state index in [0.717, 1.165) is 45.5 Å². The summed E-state index contributed by atoms with van der Waals surface area (Å²) in [5.74, 6) is 0. The van der Waals surface area contributed by atoms with Gasteiger partial charge in [0.1, 0.15) is 0 Å². The quantitative estimate of drug-likeness (QED) is 0.341. The number of pyridine rings is 1. The molecule has 5 nitrogen and oxygen atoms in total. The van der Waals surface area contributed by atoms with Crippen molar-refractivity contribution >= 4 is 57.6 Å². The van der Waals surface area contributed by atoms with Crippen LogP contribution in [0, 0.1) is 0 Å². The molecule has 1 aliphatic heterocycles. The molecule has 1 aromatic heterocycles. The zero-order valence-corrected chi connectivity index (χ0v) is 18.4. The van der Waals surface area contributed by atoms with Crippen molar-refractivity contribution in [3.8, 4) is 0 Å². The fourth-order valence-electron chi connectivity index (χ4n) is 3.92. The van der Waals surface area contributed by atoms with Crippen LogP contribution in [0.2, 0.25) is 10.0 Å². The average molecular weight is 461 g/mol. The van der Waals surface area contributed by atoms with Crippen LogP contribution in [0.4, 0.5) is 11.4 Å². The Kier molecular flexibility index (Phi) is 5.52. The van der Waals surface area contributed by atoms with E-state index in [4.69, 9.17) is 23.2 Å². The minimum absolute atomic E-state index is 0.173. The first-order chi connectivity index (χ1) is 15.6. The highest BCUT2D eigenvalue weighted by molar-refractivity contribution is 6.31. The molecule has 0 fully saturated rings. The van der Waals surface area contributed by atoms with Gasteiger partial charge in [-0.25, -0.2) is 5.01 Å². The number of carbonyl (C=O) groups excluding carboxylic acids is 1. The third-order valence-electron chi connectivity index (χ3n) is 5.48. The number of anilines is 2. The molecule has 32 heavy (non-hydrogen) atoms. The van der Waals surface area contributed by atoms with Crippen molar-refractivity contribution in [1.29, 1.82) is 0 Å². The second-order valence-electron chi connectivity index (χ2n) is 7.53. The number of benzene rings is 3. The number of aromatic nitrogens is 1. The molecule has 1 N–H and O–H groups in total. The number of halogens is 2. The lowest BCUT2D eigenvalue weighted by Gasteiger charge is -2.19. The Morgan fingerprint density at radius 1 is 0.969 bits per heavy atom. The first-order valence-corrected chi connectivity index (χ1v) is 10.8.